The van der Waals surface area contributed by atoms with Crippen molar-refractivity contribution in [1.29, 1.82) is 0 Å². The van der Waals surface area contributed by atoms with Gasteiger partial charge < -0.3 is 15.1 Å². The van der Waals surface area contributed by atoms with Crippen LogP contribution in [-0.4, -0.2) is 18.4 Å². The Morgan fingerprint density at radius 3 is 2.24 bits per heavy atom. The van der Waals surface area contributed by atoms with Crippen molar-refractivity contribution in [1.82, 2.24) is 5.32 Å². The summed E-state index contributed by atoms with van der Waals surface area (Å²) in [6.07, 6.45) is 1.62. The van der Waals surface area contributed by atoms with Crippen LogP contribution in [-0.2, 0) is 4.79 Å². The highest BCUT2D eigenvalue weighted by molar-refractivity contribution is 5.93. The molecule has 2 aromatic carbocycles. The summed E-state index contributed by atoms with van der Waals surface area (Å²) in [7, 11) is 0. The maximum atomic E-state index is 11.9. The van der Waals surface area contributed by atoms with Gasteiger partial charge in [0, 0.05) is 18.7 Å². The van der Waals surface area contributed by atoms with Gasteiger partial charge in [-0.1, -0.05) is 42.5 Å². The van der Waals surface area contributed by atoms with E-state index in [9.17, 15) is 9.59 Å². The molecule has 2 amide bonds. The Hall–Kier alpha value is -3.34. The zero-order chi connectivity index (χ0) is 17.5. The van der Waals surface area contributed by atoms with Gasteiger partial charge in [-0.25, -0.2) is 0 Å². The lowest BCUT2D eigenvalue weighted by molar-refractivity contribution is -0.116. The van der Waals surface area contributed by atoms with E-state index in [1.807, 2.05) is 54.6 Å². The van der Waals surface area contributed by atoms with Crippen LogP contribution in [0.5, 0.6) is 0 Å². The van der Waals surface area contributed by atoms with E-state index in [1.165, 1.54) is 6.26 Å². The molecule has 0 saturated heterocycles. The summed E-state index contributed by atoms with van der Waals surface area (Å²) in [6.45, 7) is 0.244. The quantitative estimate of drug-likeness (QED) is 0.722. The van der Waals surface area contributed by atoms with E-state index in [-0.39, 0.29) is 30.5 Å². The van der Waals surface area contributed by atoms with Crippen LogP contribution in [0.25, 0.3) is 11.1 Å². The van der Waals surface area contributed by atoms with Gasteiger partial charge in [0.25, 0.3) is 5.91 Å². The average Bonchev–Trinajstić information content (AvgIpc) is 3.18. The van der Waals surface area contributed by atoms with Crippen molar-refractivity contribution >= 4 is 17.5 Å². The molecule has 3 aromatic rings. The molecule has 1 heterocycles. The maximum absolute atomic E-state index is 11.9. The van der Waals surface area contributed by atoms with E-state index < -0.39 is 0 Å². The minimum Gasteiger partial charge on any atom is -0.459 e. The smallest absolute Gasteiger partial charge is 0.286 e. The molecule has 5 nitrogen and oxygen atoms in total. The van der Waals surface area contributed by atoms with Crippen molar-refractivity contribution in [3.05, 3.63) is 78.8 Å². The fraction of sp³-hybridized carbons (Fsp3) is 0.100. The Labute approximate surface area is 145 Å². The Bertz CT molecular complexity index is 825. The summed E-state index contributed by atoms with van der Waals surface area (Å²) in [4.78, 5) is 23.6. The van der Waals surface area contributed by atoms with Gasteiger partial charge in [0.15, 0.2) is 5.76 Å². The van der Waals surface area contributed by atoms with Crippen molar-refractivity contribution in [3.8, 4) is 11.1 Å². The van der Waals surface area contributed by atoms with Gasteiger partial charge in [0.05, 0.1) is 6.26 Å². The Morgan fingerprint density at radius 2 is 1.56 bits per heavy atom. The number of benzene rings is 2. The predicted octanol–water partition coefficient (Wildman–Crippen LogP) is 3.71. The standard InChI is InChI=1S/C20H18N2O3/c23-19(12-13-21-20(24)18-7-4-14-25-18)22-17-10-8-16(9-11-17)15-5-2-1-3-6-15/h1-11,14H,12-13H2,(H,21,24)(H,22,23). The van der Waals surface area contributed by atoms with Crippen LogP contribution in [0.15, 0.2) is 77.4 Å². The first-order chi connectivity index (χ1) is 12.2. The summed E-state index contributed by atoms with van der Waals surface area (Å²) in [5.74, 6) is -0.255. The van der Waals surface area contributed by atoms with E-state index in [4.69, 9.17) is 4.42 Å². The number of carbonyl (C=O) groups excluding carboxylic acids is 2. The SMILES string of the molecule is O=C(CCNC(=O)c1ccco1)Nc1ccc(-c2ccccc2)cc1. The zero-order valence-electron chi connectivity index (χ0n) is 13.6. The zero-order valence-corrected chi connectivity index (χ0v) is 13.6. The molecule has 126 valence electrons. The average molecular weight is 334 g/mol. The van der Waals surface area contributed by atoms with E-state index in [1.54, 1.807) is 12.1 Å². The topological polar surface area (TPSA) is 71.3 Å². The molecule has 0 atom stereocenters. The van der Waals surface area contributed by atoms with Crippen LogP contribution in [0.1, 0.15) is 17.0 Å². The number of anilines is 1. The summed E-state index contributed by atoms with van der Waals surface area (Å²) in [5, 5.41) is 5.45. The van der Waals surface area contributed by atoms with E-state index >= 15 is 0 Å². The van der Waals surface area contributed by atoms with Gasteiger partial charge in [0.2, 0.25) is 5.91 Å². The summed E-state index contributed by atoms with van der Waals surface area (Å²) < 4.78 is 4.98. The van der Waals surface area contributed by atoms with Crippen molar-refractivity contribution in [2.45, 2.75) is 6.42 Å². The van der Waals surface area contributed by atoms with E-state index in [2.05, 4.69) is 10.6 Å². The van der Waals surface area contributed by atoms with Crippen molar-refractivity contribution < 1.29 is 14.0 Å². The molecular formula is C20H18N2O3. The normalized spacial score (nSPS) is 10.2. The van der Waals surface area contributed by atoms with Crippen molar-refractivity contribution in [2.75, 3.05) is 11.9 Å². The molecular weight excluding hydrogens is 316 g/mol. The lowest BCUT2D eigenvalue weighted by Crippen LogP contribution is -2.27. The molecule has 0 spiro atoms. The van der Waals surface area contributed by atoms with Gasteiger partial charge in [-0.15, -0.1) is 0 Å². The van der Waals surface area contributed by atoms with Crippen LogP contribution >= 0.6 is 0 Å². The highest BCUT2D eigenvalue weighted by atomic mass is 16.3. The number of furan rings is 1. The van der Waals surface area contributed by atoms with Gasteiger partial charge in [-0.3, -0.25) is 9.59 Å². The fourth-order valence-electron chi connectivity index (χ4n) is 2.38. The summed E-state index contributed by atoms with van der Waals surface area (Å²) >= 11 is 0. The number of carbonyl (C=O) groups is 2. The van der Waals surface area contributed by atoms with Crippen LogP contribution < -0.4 is 10.6 Å². The number of nitrogens with one attached hydrogen (secondary N) is 2. The molecule has 0 fully saturated rings. The first-order valence-electron chi connectivity index (χ1n) is 7.99. The molecule has 0 aliphatic heterocycles. The highest BCUT2D eigenvalue weighted by Crippen LogP contribution is 2.20. The van der Waals surface area contributed by atoms with Gasteiger partial charge in [0.1, 0.15) is 0 Å². The predicted molar refractivity (Wildman–Crippen MR) is 96.2 cm³/mol. The Morgan fingerprint density at radius 1 is 0.840 bits per heavy atom. The van der Waals surface area contributed by atoms with Crippen LogP contribution in [0.2, 0.25) is 0 Å². The minimum absolute atomic E-state index is 0.160. The minimum atomic E-state index is -0.329. The highest BCUT2D eigenvalue weighted by Gasteiger charge is 2.09. The molecule has 0 unspecified atom stereocenters. The number of hydrogen-bond donors (Lipinski definition) is 2. The lowest BCUT2D eigenvalue weighted by Gasteiger charge is -2.07. The third-order valence-corrected chi connectivity index (χ3v) is 3.66. The molecule has 5 heteroatoms. The second-order valence-electron chi connectivity index (χ2n) is 5.47. The monoisotopic (exact) mass is 334 g/mol. The number of rotatable bonds is 6. The van der Waals surface area contributed by atoms with Crippen LogP contribution in [0.3, 0.4) is 0 Å². The molecule has 1 aromatic heterocycles. The van der Waals surface area contributed by atoms with Crippen LogP contribution in [0, 0.1) is 0 Å². The third-order valence-electron chi connectivity index (χ3n) is 3.66. The second-order valence-corrected chi connectivity index (χ2v) is 5.47. The summed E-state index contributed by atoms with van der Waals surface area (Å²) in [5.41, 5.74) is 2.94. The van der Waals surface area contributed by atoms with Gasteiger partial charge in [-0.2, -0.15) is 0 Å². The third kappa shape index (κ3) is 4.57. The Balaban J connectivity index is 1.47. The number of hydrogen-bond acceptors (Lipinski definition) is 3. The first kappa shape index (κ1) is 16.5. The largest absolute Gasteiger partial charge is 0.459 e. The molecule has 0 radical (unpaired) electrons. The maximum Gasteiger partial charge on any atom is 0.286 e. The van der Waals surface area contributed by atoms with Gasteiger partial charge >= 0.3 is 0 Å². The molecule has 25 heavy (non-hydrogen) atoms. The summed E-state index contributed by atoms with van der Waals surface area (Å²) in [6, 6.07) is 20.9. The molecule has 3 rings (SSSR count). The first-order valence-corrected chi connectivity index (χ1v) is 7.99. The van der Waals surface area contributed by atoms with Crippen LogP contribution in [0.4, 0.5) is 5.69 Å². The van der Waals surface area contributed by atoms with Crippen molar-refractivity contribution in [2.24, 2.45) is 0 Å². The molecule has 0 bridgehead atoms. The number of amides is 2. The van der Waals surface area contributed by atoms with Crippen molar-refractivity contribution in [3.63, 3.8) is 0 Å². The lowest BCUT2D eigenvalue weighted by atomic mass is 10.1. The molecule has 0 saturated carbocycles. The fourth-order valence-corrected chi connectivity index (χ4v) is 2.38. The molecule has 2 N–H and O–H groups in total. The van der Waals surface area contributed by atoms with E-state index in [0.717, 1.165) is 16.8 Å². The molecule has 0 aliphatic carbocycles. The van der Waals surface area contributed by atoms with E-state index in [0.29, 0.717) is 0 Å². The second kappa shape index (κ2) is 7.97. The Kier molecular flexibility index (Phi) is 5.26. The van der Waals surface area contributed by atoms with Gasteiger partial charge in [-0.05, 0) is 35.4 Å². The molecule has 0 aliphatic rings.